The van der Waals surface area contributed by atoms with Crippen molar-refractivity contribution in [2.75, 3.05) is 5.32 Å². The monoisotopic (exact) mass is 337 g/mol. The Morgan fingerprint density at radius 1 is 1.04 bits per heavy atom. The van der Waals surface area contributed by atoms with Gasteiger partial charge in [-0.2, -0.15) is 0 Å². The largest absolute Gasteiger partial charge is 0.488 e. The Balaban J connectivity index is 1.80. The fourth-order valence-corrected chi connectivity index (χ4v) is 3.28. The number of rotatable bonds is 4. The lowest BCUT2D eigenvalue weighted by molar-refractivity contribution is 0.103. The van der Waals surface area contributed by atoms with E-state index in [9.17, 15) is 14.8 Å². The van der Waals surface area contributed by atoms with Crippen LogP contribution in [0.3, 0.4) is 0 Å². The molecule has 1 amide bonds. The maximum absolute atomic E-state index is 12.4. The average molecular weight is 337 g/mol. The molecule has 0 radical (unpaired) electrons. The summed E-state index contributed by atoms with van der Waals surface area (Å²) in [5, 5.41) is 21.4. The maximum atomic E-state index is 12.4. The van der Waals surface area contributed by atoms with Crippen molar-refractivity contribution in [1.82, 2.24) is 0 Å². The van der Waals surface area contributed by atoms with E-state index in [0.29, 0.717) is 10.3 Å². The summed E-state index contributed by atoms with van der Waals surface area (Å²) in [6.45, 7) is 1.97. The molecule has 120 valence electrons. The Hall–Kier alpha value is -2.41. The number of carbonyl (C=O) groups excluding carboxylic acids is 1. The molecule has 0 fully saturated rings. The highest BCUT2D eigenvalue weighted by atomic mass is 32.1. The van der Waals surface area contributed by atoms with Gasteiger partial charge in [-0.25, -0.2) is 0 Å². The highest BCUT2D eigenvalue weighted by Crippen LogP contribution is 2.28. The molecule has 1 aromatic heterocycles. The molecule has 3 aromatic rings. The second-order valence-corrected chi connectivity index (χ2v) is 6.57. The fourth-order valence-electron chi connectivity index (χ4n) is 2.38. The van der Waals surface area contributed by atoms with Crippen LogP contribution in [0.25, 0.3) is 10.4 Å². The van der Waals surface area contributed by atoms with E-state index in [1.54, 1.807) is 24.3 Å². The van der Waals surface area contributed by atoms with E-state index in [1.165, 1.54) is 11.3 Å². The van der Waals surface area contributed by atoms with E-state index >= 15 is 0 Å². The molecule has 6 heteroatoms. The highest BCUT2D eigenvalue weighted by molar-refractivity contribution is 7.17. The Morgan fingerprint density at radius 2 is 1.83 bits per heavy atom. The van der Waals surface area contributed by atoms with E-state index in [1.807, 2.05) is 43.3 Å². The first-order chi connectivity index (χ1) is 11.5. The lowest BCUT2D eigenvalue weighted by atomic mass is 9.79. The first-order valence-corrected chi connectivity index (χ1v) is 8.29. The molecule has 4 nitrogen and oxygen atoms in total. The number of hydrogen-bond donors (Lipinski definition) is 3. The topological polar surface area (TPSA) is 69.6 Å². The highest BCUT2D eigenvalue weighted by Gasteiger charge is 2.14. The van der Waals surface area contributed by atoms with Crippen LogP contribution in [0.4, 0.5) is 5.69 Å². The molecular formula is C18H16BNO3S. The van der Waals surface area contributed by atoms with Gasteiger partial charge in [0.05, 0.1) is 4.88 Å². The zero-order valence-electron chi connectivity index (χ0n) is 13.1. The van der Waals surface area contributed by atoms with Gasteiger partial charge >= 0.3 is 7.12 Å². The van der Waals surface area contributed by atoms with Crippen molar-refractivity contribution in [2.24, 2.45) is 0 Å². The van der Waals surface area contributed by atoms with Gasteiger partial charge in [0.1, 0.15) is 0 Å². The molecule has 24 heavy (non-hydrogen) atoms. The van der Waals surface area contributed by atoms with Crippen LogP contribution in [-0.4, -0.2) is 23.1 Å². The van der Waals surface area contributed by atoms with E-state index < -0.39 is 7.12 Å². The molecule has 0 aliphatic rings. The molecule has 0 atom stereocenters. The summed E-state index contributed by atoms with van der Waals surface area (Å²) in [5.41, 5.74) is 3.12. The second-order valence-electron chi connectivity index (χ2n) is 5.49. The molecule has 3 rings (SSSR count). The standard InChI is InChI=1S/C18H16BNO3S/c1-12-4-2-7-15(10-12)20-18(21)17-9-8-16(24-17)13-5-3-6-14(11-13)19(22)23/h2-11,22-23H,1H3,(H,20,21). The van der Waals surface area contributed by atoms with Crippen molar-refractivity contribution in [1.29, 1.82) is 0 Å². The number of amides is 1. The number of hydrogen-bond acceptors (Lipinski definition) is 4. The smallest absolute Gasteiger partial charge is 0.423 e. The molecule has 3 N–H and O–H groups in total. The van der Waals surface area contributed by atoms with E-state index in [2.05, 4.69) is 5.32 Å². The lowest BCUT2D eigenvalue weighted by Crippen LogP contribution is -2.29. The van der Waals surface area contributed by atoms with Gasteiger partial charge in [0.2, 0.25) is 0 Å². The summed E-state index contributed by atoms with van der Waals surface area (Å²) in [5.74, 6) is -0.157. The van der Waals surface area contributed by atoms with Gasteiger partial charge in [0.25, 0.3) is 5.91 Å². The summed E-state index contributed by atoms with van der Waals surface area (Å²) < 4.78 is 0. The minimum absolute atomic E-state index is 0.157. The Labute approximate surface area is 144 Å². The molecule has 0 aliphatic heterocycles. The number of benzene rings is 2. The summed E-state index contributed by atoms with van der Waals surface area (Å²) in [6, 6.07) is 18.3. The van der Waals surface area contributed by atoms with Crippen molar-refractivity contribution in [3.05, 3.63) is 71.1 Å². The number of aryl methyl sites for hydroxylation is 1. The van der Waals surface area contributed by atoms with Gasteiger partial charge in [-0.1, -0.05) is 36.4 Å². The Bertz CT molecular complexity index is 876. The molecular weight excluding hydrogens is 321 g/mol. The third kappa shape index (κ3) is 3.73. The fraction of sp³-hybridized carbons (Fsp3) is 0.0556. The van der Waals surface area contributed by atoms with E-state index in [-0.39, 0.29) is 5.91 Å². The third-order valence-corrected chi connectivity index (χ3v) is 4.71. The van der Waals surface area contributed by atoms with Crippen LogP contribution in [0.5, 0.6) is 0 Å². The van der Waals surface area contributed by atoms with E-state index in [0.717, 1.165) is 21.7 Å². The SMILES string of the molecule is Cc1cccc(NC(=O)c2ccc(-c3cccc(B(O)O)c3)s2)c1. The van der Waals surface area contributed by atoms with Gasteiger partial charge in [0, 0.05) is 10.6 Å². The Kier molecular flexibility index (Phi) is 4.80. The van der Waals surface area contributed by atoms with Crippen molar-refractivity contribution in [2.45, 2.75) is 6.92 Å². The van der Waals surface area contributed by atoms with Crippen molar-refractivity contribution in [3.63, 3.8) is 0 Å². The van der Waals surface area contributed by atoms with Crippen LogP contribution >= 0.6 is 11.3 Å². The molecule has 0 saturated carbocycles. The molecule has 1 heterocycles. The molecule has 2 aromatic carbocycles. The number of carbonyl (C=O) groups is 1. The predicted octanol–water partition coefficient (Wildman–Crippen LogP) is 2.66. The van der Waals surface area contributed by atoms with Gasteiger partial charge in [-0.3, -0.25) is 4.79 Å². The zero-order chi connectivity index (χ0) is 17.1. The second kappa shape index (κ2) is 7.01. The van der Waals surface area contributed by atoms with Crippen molar-refractivity contribution < 1.29 is 14.8 Å². The van der Waals surface area contributed by atoms with Crippen LogP contribution in [0.15, 0.2) is 60.7 Å². The minimum Gasteiger partial charge on any atom is -0.423 e. The van der Waals surface area contributed by atoms with Gasteiger partial charge < -0.3 is 15.4 Å². The van der Waals surface area contributed by atoms with Crippen LogP contribution in [0.2, 0.25) is 0 Å². The third-order valence-electron chi connectivity index (χ3n) is 3.58. The van der Waals surface area contributed by atoms with Crippen LogP contribution in [0.1, 0.15) is 15.2 Å². The molecule has 0 saturated heterocycles. The summed E-state index contributed by atoms with van der Waals surface area (Å²) in [6.07, 6.45) is 0. The van der Waals surface area contributed by atoms with Gasteiger partial charge in [-0.05, 0) is 47.8 Å². The first-order valence-electron chi connectivity index (χ1n) is 7.47. The number of anilines is 1. The lowest BCUT2D eigenvalue weighted by Gasteiger charge is -2.04. The van der Waals surface area contributed by atoms with Crippen molar-refractivity contribution in [3.8, 4) is 10.4 Å². The maximum Gasteiger partial charge on any atom is 0.488 e. The predicted molar refractivity (Wildman–Crippen MR) is 98.7 cm³/mol. The summed E-state index contributed by atoms with van der Waals surface area (Å²) in [7, 11) is -1.51. The normalized spacial score (nSPS) is 10.5. The van der Waals surface area contributed by atoms with E-state index in [4.69, 9.17) is 0 Å². The molecule has 0 unspecified atom stereocenters. The van der Waals surface area contributed by atoms with Crippen LogP contribution < -0.4 is 10.8 Å². The quantitative estimate of drug-likeness (QED) is 0.641. The van der Waals surface area contributed by atoms with Gasteiger partial charge in [0.15, 0.2) is 0 Å². The minimum atomic E-state index is -1.51. The first kappa shape index (κ1) is 16.5. The van der Waals surface area contributed by atoms with Gasteiger partial charge in [-0.15, -0.1) is 11.3 Å². The summed E-state index contributed by atoms with van der Waals surface area (Å²) >= 11 is 1.36. The average Bonchev–Trinajstić information content (AvgIpc) is 3.05. The van der Waals surface area contributed by atoms with Crippen LogP contribution in [0, 0.1) is 6.92 Å². The zero-order valence-corrected chi connectivity index (χ0v) is 13.9. The molecule has 0 bridgehead atoms. The molecule has 0 aliphatic carbocycles. The van der Waals surface area contributed by atoms with Crippen LogP contribution in [-0.2, 0) is 0 Å². The molecule has 0 spiro atoms. The van der Waals surface area contributed by atoms with Crippen molar-refractivity contribution >= 4 is 35.5 Å². The number of nitrogens with one attached hydrogen (secondary N) is 1. The summed E-state index contributed by atoms with van der Waals surface area (Å²) in [4.78, 5) is 13.9. The Morgan fingerprint density at radius 3 is 2.58 bits per heavy atom. The number of thiophene rings is 1.